The van der Waals surface area contributed by atoms with E-state index in [0.29, 0.717) is 18.2 Å². The van der Waals surface area contributed by atoms with Crippen LogP contribution in [0.1, 0.15) is 39.5 Å². The Bertz CT molecular complexity index is 192. The van der Waals surface area contributed by atoms with Crippen LogP contribution in [-0.2, 0) is 4.74 Å². The van der Waals surface area contributed by atoms with Crippen LogP contribution in [0.4, 0.5) is 0 Å². The molecule has 0 aromatic rings. The van der Waals surface area contributed by atoms with Crippen molar-refractivity contribution in [2.75, 3.05) is 13.1 Å². The summed E-state index contributed by atoms with van der Waals surface area (Å²) in [5.41, 5.74) is 0. The molecule has 15 heavy (non-hydrogen) atoms. The van der Waals surface area contributed by atoms with Crippen LogP contribution in [0.2, 0.25) is 0 Å². The van der Waals surface area contributed by atoms with E-state index in [1.165, 1.54) is 0 Å². The highest BCUT2D eigenvalue weighted by molar-refractivity contribution is 4.83. The fourth-order valence-corrected chi connectivity index (χ4v) is 2.94. The monoisotopic (exact) mass is 213 g/mol. The molecule has 2 atom stereocenters. The van der Waals surface area contributed by atoms with Gasteiger partial charge in [-0.3, -0.25) is 4.90 Å². The van der Waals surface area contributed by atoms with Crippen molar-refractivity contribution in [1.29, 1.82) is 0 Å². The zero-order valence-electron chi connectivity index (χ0n) is 9.85. The predicted molar refractivity (Wildman–Crippen MR) is 59.8 cm³/mol. The Balaban J connectivity index is 1.87. The van der Waals surface area contributed by atoms with E-state index in [4.69, 9.17) is 4.74 Å². The number of aliphatic hydroxyl groups is 1. The summed E-state index contributed by atoms with van der Waals surface area (Å²) in [6.07, 6.45) is 4.94. The van der Waals surface area contributed by atoms with Crippen LogP contribution in [0, 0.1) is 0 Å². The number of morpholine rings is 1. The van der Waals surface area contributed by atoms with Crippen LogP contribution in [0.15, 0.2) is 0 Å². The summed E-state index contributed by atoms with van der Waals surface area (Å²) >= 11 is 0. The van der Waals surface area contributed by atoms with Gasteiger partial charge in [-0.1, -0.05) is 0 Å². The van der Waals surface area contributed by atoms with Gasteiger partial charge in [0.05, 0.1) is 18.3 Å². The lowest BCUT2D eigenvalue weighted by Crippen LogP contribution is -2.51. The van der Waals surface area contributed by atoms with Gasteiger partial charge in [0, 0.05) is 19.1 Å². The second-order valence-corrected chi connectivity index (χ2v) is 5.17. The normalized spacial score (nSPS) is 44.2. The first kappa shape index (κ1) is 11.4. The van der Waals surface area contributed by atoms with Gasteiger partial charge in [-0.05, 0) is 39.5 Å². The zero-order valence-corrected chi connectivity index (χ0v) is 9.85. The highest BCUT2D eigenvalue weighted by Crippen LogP contribution is 2.25. The number of rotatable bonds is 1. The largest absolute Gasteiger partial charge is 0.393 e. The lowest BCUT2D eigenvalue weighted by atomic mass is 9.91. The van der Waals surface area contributed by atoms with Gasteiger partial charge in [-0.2, -0.15) is 0 Å². The Morgan fingerprint density at radius 3 is 2.07 bits per heavy atom. The standard InChI is InChI=1S/C12H23NO2/c1-9-7-13(8-10(2)15-9)11-3-5-12(14)6-4-11/h9-12,14H,3-8H2,1-2H3/t9-,10+,11-,12+. The van der Waals surface area contributed by atoms with E-state index >= 15 is 0 Å². The van der Waals surface area contributed by atoms with E-state index in [1.54, 1.807) is 0 Å². The van der Waals surface area contributed by atoms with Crippen molar-refractivity contribution in [2.24, 2.45) is 0 Å². The van der Waals surface area contributed by atoms with E-state index in [2.05, 4.69) is 18.7 Å². The van der Waals surface area contributed by atoms with E-state index in [9.17, 15) is 5.11 Å². The van der Waals surface area contributed by atoms with Gasteiger partial charge in [0.25, 0.3) is 0 Å². The molecule has 2 fully saturated rings. The maximum atomic E-state index is 9.49. The molecule has 1 aliphatic carbocycles. The summed E-state index contributed by atoms with van der Waals surface area (Å²) in [6, 6.07) is 0.683. The van der Waals surface area contributed by atoms with Crippen LogP contribution in [-0.4, -0.2) is 47.4 Å². The van der Waals surface area contributed by atoms with Gasteiger partial charge in [0.1, 0.15) is 0 Å². The minimum atomic E-state index is -0.0443. The molecular formula is C12H23NO2. The van der Waals surface area contributed by atoms with Gasteiger partial charge in [-0.25, -0.2) is 0 Å². The minimum absolute atomic E-state index is 0.0443. The molecule has 0 spiro atoms. The third-order valence-corrected chi connectivity index (χ3v) is 3.63. The van der Waals surface area contributed by atoms with Gasteiger partial charge >= 0.3 is 0 Å². The first-order valence-electron chi connectivity index (χ1n) is 6.22. The van der Waals surface area contributed by atoms with Crippen molar-refractivity contribution in [3.8, 4) is 0 Å². The van der Waals surface area contributed by atoms with Crippen molar-refractivity contribution >= 4 is 0 Å². The summed E-state index contributed by atoms with van der Waals surface area (Å²) in [5, 5.41) is 9.49. The number of aliphatic hydroxyl groups excluding tert-OH is 1. The lowest BCUT2D eigenvalue weighted by molar-refractivity contribution is -0.0872. The third-order valence-electron chi connectivity index (χ3n) is 3.63. The summed E-state index contributed by atoms with van der Waals surface area (Å²) in [5.74, 6) is 0. The molecule has 88 valence electrons. The summed E-state index contributed by atoms with van der Waals surface area (Å²) in [6.45, 7) is 6.43. The molecule has 3 nitrogen and oxygen atoms in total. The minimum Gasteiger partial charge on any atom is -0.393 e. The van der Waals surface area contributed by atoms with Gasteiger partial charge in [-0.15, -0.1) is 0 Å². The molecule has 1 heterocycles. The molecule has 3 heteroatoms. The Hall–Kier alpha value is -0.120. The molecule has 0 unspecified atom stereocenters. The molecule has 0 radical (unpaired) electrons. The highest BCUT2D eigenvalue weighted by Gasteiger charge is 2.30. The molecule has 0 aromatic heterocycles. The maximum absolute atomic E-state index is 9.49. The van der Waals surface area contributed by atoms with Crippen molar-refractivity contribution in [3.63, 3.8) is 0 Å². The topological polar surface area (TPSA) is 32.7 Å². The number of ether oxygens (including phenoxy) is 1. The van der Waals surface area contributed by atoms with Crippen LogP contribution in [0.3, 0.4) is 0 Å². The third kappa shape index (κ3) is 2.92. The van der Waals surface area contributed by atoms with Crippen molar-refractivity contribution in [2.45, 2.75) is 63.9 Å². The fraction of sp³-hybridized carbons (Fsp3) is 1.00. The van der Waals surface area contributed by atoms with Gasteiger partial charge in [0.2, 0.25) is 0 Å². The smallest absolute Gasteiger partial charge is 0.0678 e. The molecule has 2 aliphatic rings. The van der Waals surface area contributed by atoms with E-state index in [0.717, 1.165) is 38.8 Å². The quantitative estimate of drug-likeness (QED) is 0.714. The van der Waals surface area contributed by atoms with Crippen LogP contribution < -0.4 is 0 Å². The number of hydrogen-bond acceptors (Lipinski definition) is 3. The van der Waals surface area contributed by atoms with Crippen LogP contribution in [0.25, 0.3) is 0 Å². The molecule has 1 saturated heterocycles. The van der Waals surface area contributed by atoms with Gasteiger partial charge < -0.3 is 9.84 Å². The second kappa shape index (κ2) is 4.81. The van der Waals surface area contributed by atoms with Crippen LogP contribution in [0.5, 0.6) is 0 Å². The molecule has 1 saturated carbocycles. The first-order chi connectivity index (χ1) is 7.15. The average Bonchev–Trinajstić information content (AvgIpc) is 2.17. The Labute approximate surface area is 92.4 Å². The van der Waals surface area contributed by atoms with Crippen molar-refractivity contribution < 1.29 is 9.84 Å². The Morgan fingerprint density at radius 1 is 1.00 bits per heavy atom. The lowest BCUT2D eigenvalue weighted by Gasteiger charge is -2.42. The molecular weight excluding hydrogens is 190 g/mol. The summed E-state index contributed by atoms with van der Waals surface area (Å²) in [4.78, 5) is 2.56. The first-order valence-corrected chi connectivity index (χ1v) is 6.22. The molecule has 0 aromatic carbocycles. The zero-order chi connectivity index (χ0) is 10.8. The van der Waals surface area contributed by atoms with Crippen molar-refractivity contribution in [1.82, 2.24) is 4.90 Å². The molecule has 2 rings (SSSR count). The predicted octanol–water partition coefficient (Wildman–Crippen LogP) is 1.40. The van der Waals surface area contributed by atoms with Crippen LogP contribution >= 0.6 is 0 Å². The molecule has 1 N–H and O–H groups in total. The average molecular weight is 213 g/mol. The Kier molecular flexibility index (Phi) is 3.65. The highest BCUT2D eigenvalue weighted by atomic mass is 16.5. The van der Waals surface area contributed by atoms with Crippen molar-refractivity contribution in [3.05, 3.63) is 0 Å². The van der Waals surface area contributed by atoms with E-state index in [1.807, 2.05) is 0 Å². The van der Waals surface area contributed by atoms with E-state index in [-0.39, 0.29) is 6.10 Å². The summed E-state index contributed by atoms with van der Waals surface area (Å²) < 4.78 is 5.74. The summed E-state index contributed by atoms with van der Waals surface area (Å²) in [7, 11) is 0. The Morgan fingerprint density at radius 2 is 1.53 bits per heavy atom. The number of nitrogens with zero attached hydrogens (tertiary/aromatic N) is 1. The molecule has 0 amide bonds. The molecule has 0 bridgehead atoms. The maximum Gasteiger partial charge on any atom is 0.0678 e. The molecule has 1 aliphatic heterocycles. The second-order valence-electron chi connectivity index (χ2n) is 5.17. The van der Waals surface area contributed by atoms with Gasteiger partial charge in [0.15, 0.2) is 0 Å². The SMILES string of the molecule is C[C@@H]1CN([C@H]2CC[C@@H](O)CC2)C[C@H](C)O1. The fourth-order valence-electron chi connectivity index (χ4n) is 2.94. The number of hydrogen-bond donors (Lipinski definition) is 1. The van der Waals surface area contributed by atoms with E-state index < -0.39 is 0 Å².